The molecule has 0 spiro atoms. The van der Waals surface area contributed by atoms with Gasteiger partial charge in [0.15, 0.2) is 0 Å². The summed E-state index contributed by atoms with van der Waals surface area (Å²) in [4.78, 5) is 13.7. The van der Waals surface area contributed by atoms with E-state index in [4.69, 9.17) is 9.15 Å². The van der Waals surface area contributed by atoms with E-state index in [1.165, 1.54) is 0 Å². The van der Waals surface area contributed by atoms with Gasteiger partial charge in [-0.05, 0) is 32.1 Å². The molecule has 2 rings (SSSR count). The monoisotopic (exact) mass is 235 g/mol. The Morgan fingerprint density at radius 1 is 1.41 bits per heavy atom. The van der Waals surface area contributed by atoms with Crippen LogP contribution in [-0.4, -0.2) is 36.1 Å². The molecule has 1 aliphatic heterocycles. The van der Waals surface area contributed by atoms with Crippen LogP contribution in [0, 0.1) is 0 Å². The molecule has 4 nitrogen and oxygen atoms in total. The number of hydrogen-bond acceptors (Lipinski definition) is 3. The van der Waals surface area contributed by atoms with Crippen LogP contribution in [0.2, 0.25) is 0 Å². The third-order valence-electron chi connectivity index (χ3n) is 2.66. The Bertz CT molecular complexity index is 387. The molecular formula is C13H17NO3. The predicted octanol–water partition coefficient (Wildman–Crippen LogP) is 1.93. The summed E-state index contributed by atoms with van der Waals surface area (Å²) in [6.45, 7) is 5.25. The lowest BCUT2D eigenvalue weighted by Crippen LogP contribution is -2.47. The number of furan rings is 1. The molecule has 0 aliphatic carbocycles. The highest BCUT2D eigenvalue weighted by molar-refractivity contribution is 5.91. The van der Waals surface area contributed by atoms with Gasteiger partial charge in [0.2, 0.25) is 5.91 Å². The Hall–Kier alpha value is -1.55. The minimum atomic E-state index is 0.00315. The van der Waals surface area contributed by atoms with Gasteiger partial charge in [0, 0.05) is 19.2 Å². The molecule has 4 heteroatoms. The Morgan fingerprint density at radius 2 is 2.12 bits per heavy atom. The van der Waals surface area contributed by atoms with Crippen LogP contribution in [0.3, 0.4) is 0 Å². The minimum absolute atomic E-state index is 0.00315. The predicted molar refractivity (Wildman–Crippen MR) is 64.3 cm³/mol. The number of rotatable bonds is 2. The van der Waals surface area contributed by atoms with Gasteiger partial charge in [-0.3, -0.25) is 4.79 Å². The van der Waals surface area contributed by atoms with E-state index in [0.29, 0.717) is 18.8 Å². The summed E-state index contributed by atoms with van der Waals surface area (Å²) in [5.74, 6) is 0.691. The highest BCUT2D eigenvalue weighted by atomic mass is 16.5. The van der Waals surface area contributed by atoms with E-state index in [0.717, 1.165) is 0 Å². The van der Waals surface area contributed by atoms with Crippen LogP contribution < -0.4 is 0 Å². The van der Waals surface area contributed by atoms with Crippen molar-refractivity contribution in [3.8, 4) is 0 Å². The lowest BCUT2D eigenvalue weighted by atomic mass is 10.2. The second kappa shape index (κ2) is 5.19. The van der Waals surface area contributed by atoms with E-state index in [2.05, 4.69) is 0 Å². The number of nitrogens with zero attached hydrogens (tertiary/aromatic N) is 1. The molecule has 2 heterocycles. The number of carbonyl (C=O) groups is 1. The zero-order chi connectivity index (χ0) is 12.3. The van der Waals surface area contributed by atoms with Gasteiger partial charge in [0.25, 0.3) is 0 Å². The van der Waals surface area contributed by atoms with Gasteiger partial charge in [0.05, 0.1) is 18.5 Å². The molecule has 0 aromatic carbocycles. The van der Waals surface area contributed by atoms with Gasteiger partial charge in [-0.1, -0.05) is 0 Å². The van der Waals surface area contributed by atoms with Crippen LogP contribution >= 0.6 is 0 Å². The van der Waals surface area contributed by atoms with Crippen molar-refractivity contribution in [2.75, 3.05) is 13.1 Å². The fourth-order valence-electron chi connectivity index (χ4n) is 2.00. The number of carbonyl (C=O) groups excluding carboxylic acids is 1. The van der Waals surface area contributed by atoms with Crippen molar-refractivity contribution in [3.05, 3.63) is 30.2 Å². The van der Waals surface area contributed by atoms with Gasteiger partial charge >= 0.3 is 0 Å². The average Bonchev–Trinajstić information content (AvgIpc) is 2.77. The van der Waals surface area contributed by atoms with Gasteiger partial charge in [-0.15, -0.1) is 0 Å². The SMILES string of the molecule is CC1CN(C(=O)/C=C/c2ccco2)CC(C)O1. The number of morpholine rings is 1. The average molecular weight is 235 g/mol. The molecule has 0 N–H and O–H groups in total. The first-order valence-electron chi connectivity index (χ1n) is 5.81. The first-order valence-corrected chi connectivity index (χ1v) is 5.81. The molecule has 1 saturated heterocycles. The van der Waals surface area contributed by atoms with E-state index in [9.17, 15) is 4.79 Å². The van der Waals surface area contributed by atoms with Crippen molar-refractivity contribution in [2.45, 2.75) is 26.1 Å². The quantitative estimate of drug-likeness (QED) is 0.736. The fourth-order valence-corrected chi connectivity index (χ4v) is 2.00. The van der Waals surface area contributed by atoms with Crippen molar-refractivity contribution in [1.29, 1.82) is 0 Å². The van der Waals surface area contributed by atoms with Crippen LogP contribution in [0.1, 0.15) is 19.6 Å². The van der Waals surface area contributed by atoms with E-state index in [1.54, 1.807) is 29.4 Å². The second-order valence-electron chi connectivity index (χ2n) is 4.35. The largest absolute Gasteiger partial charge is 0.465 e. The molecule has 1 aliphatic rings. The summed E-state index contributed by atoms with van der Waals surface area (Å²) in [5.41, 5.74) is 0. The summed E-state index contributed by atoms with van der Waals surface area (Å²) < 4.78 is 10.7. The highest BCUT2D eigenvalue weighted by Gasteiger charge is 2.24. The van der Waals surface area contributed by atoms with Gasteiger partial charge in [0.1, 0.15) is 5.76 Å². The zero-order valence-electron chi connectivity index (χ0n) is 10.1. The maximum absolute atomic E-state index is 11.9. The Kier molecular flexibility index (Phi) is 3.64. The van der Waals surface area contributed by atoms with Gasteiger partial charge in [-0.2, -0.15) is 0 Å². The lowest BCUT2D eigenvalue weighted by molar-refractivity contribution is -0.137. The molecule has 0 radical (unpaired) electrons. The van der Waals surface area contributed by atoms with Gasteiger partial charge < -0.3 is 14.1 Å². The highest BCUT2D eigenvalue weighted by Crippen LogP contribution is 2.11. The molecule has 1 aromatic rings. The maximum atomic E-state index is 11.9. The van der Waals surface area contributed by atoms with Crippen LogP contribution in [0.5, 0.6) is 0 Å². The summed E-state index contributed by atoms with van der Waals surface area (Å²) in [6.07, 6.45) is 5.01. The van der Waals surface area contributed by atoms with Crippen molar-refractivity contribution in [2.24, 2.45) is 0 Å². The third-order valence-corrected chi connectivity index (χ3v) is 2.66. The maximum Gasteiger partial charge on any atom is 0.246 e. The normalized spacial score (nSPS) is 25.4. The van der Waals surface area contributed by atoms with Crippen molar-refractivity contribution in [1.82, 2.24) is 4.90 Å². The first kappa shape index (κ1) is 11.9. The Labute approximate surface area is 101 Å². The molecule has 17 heavy (non-hydrogen) atoms. The summed E-state index contributed by atoms with van der Waals surface area (Å²) in [7, 11) is 0. The molecule has 1 aromatic heterocycles. The van der Waals surface area contributed by atoms with Crippen molar-refractivity contribution >= 4 is 12.0 Å². The molecule has 1 fully saturated rings. The van der Waals surface area contributed by atoms with E-state index in [-0.39, 0.29) is 18.1 Å². The number of hydrogen-bond donors (Lipinski definition) is 0. The van der Waals surface area contributed by atoms with E-state index in [1.807, 2.05) is 19.9 Å². The molecular weight excluding hydrogens is 218 g/mol. The van der Waals surface area contributed by atoms with Crippen LogP contribution in [0.4, 0.5) is 0 Å². The van der Waals surface area contributed by atoms with E-state index >= 15 is 0 Å². The topological polar surface area (TPSA) is 42.7 Å². The first-order chi connectivity index (χ1) is 8.15. The molecule has 0 saturated carbocycles. The Morgan fingerprint density at radius 3 is 2.71 bits per heavy atom. The minimum Gasteiger partial charge on any atom is -0.465 e. The molecule has 2 atom stereocenters. The Balaban J connectivity index is 1.95. The standard InChI is InChI=1S/C13H17NO3/c1-10-8-14(9-11(2)17-10)13(15)6-5-12-4-3-7-16-12/h3-7,10-11H,8-9H2,1-2H3/b6-5+. The number of amides is 1. The second-order valence-corrected chi connectivity index (χ2v) is 4.35. The summed E-state index contributed by atoms with van der Waals surface area (Å²) in [5, 5.41) is 0. The lowest BCUT2D eigenvalue weighted by Gasteiger charge is -2.34. The molecule has 1 amide bonds. The van der Waals surface area contributed by atoms with Crippen LogP contribution in [0.25, 0.3) is 6.08 Å². The molecule has 0 bridgehead atoms. The molecule has 92 valence electrons. The molecule has 2 unspecified atom stereocenters. The smallest absolute Gasteiger partial charge is 0.246 e. The zero-order valence-corrected chi connectivity index (χ0v) is 10.1. The summed E-state index contributed by atoms with van der Waals surface area (Å²) in [6, 6.07) is 3.61. The summed E-state index contributed by atoms with van der Waals surface area (Å²) >= 11 is 0. The fraction of sp³-hybridized carbons (Fsp3) is 0.462. The van der Waals surface area contributed by atoms with Crippen LogP contribution in [0.15, 0.2) is 28.9 Å². The third kappa shape index (κ3) is 3.20. The van der Waals surface area contributed by atoms with E-state index < -0.39 is 0 Å². The van der Waals surface area contributed by atoms with Crippen molar-refractivity contribution in [3.63, 3.8) is 0 Å². The van der Waals surface area contributed by atoms with Crippen molar-refractivity contribution < 1.29 is 13.9 Å². The van der Waals surface area contributed by atoms with Crippen LogP contribution in [-0.2, 0) is 9.53 Å². The number of ether oxygens (including phenoxy) is 1. The van der Waals surface area contributed by atoms with Gasteiger partial charge in [-0.25, -0.2) is 0 Å².